The van der Waals surface area contributed by atoms with Crippen LogP contribution >= 0.6 is 0 Å². The molecule has 2 heterocycles. The molecule has 60 heavy (non-hydrogen) atoms. The maximum Gasteiger partial charge on any atom is 0.148 e. The normalized spacial score (nSPS) is 14.0. The summed E-state index contributed by atoms with van der Waals surface area (Å²) in [4.78, 5) is 10.3. The molecule has 0 aliphatic carbocycles. The summed E-state index contributed by atoms with van der Waals surface area (Å²) in [6.45, 7) is 16.4. The van der Waals surface area contributed by atoms with Gasteiger partial charge in [-0.1, -0.05) is 176 Å². The molecule has 4 nitrogen and oxygen atoms in total. The van der Waals surface area contributed by atoms with Gasteiger partial charge in [-0.3, -0.25) is 9.55 Å². The number of benzene rings is 6. The van der Waals surface area contributed by atoms with Crippen LogP contribution in [0.1, 0.15) is 94.2 Å². The Balaban J connectivity index is 0.00000666. The van der Waals surface area contributed by atoms with Gasteiger partial charge in [0.15, 0.2) is 0 Å². The maximum atomic E-state index is 12.4. The molecule has 306 valence electrons. The molecule has 0 spiro atoms. The first-order chi connectivity index (χ1) is 30.9. The Morgan fingerprint density at radius 3 is 1.95 bits per heavy atom. The van der Waals surface area contributed by atoms with Gasteiger partial charge in [0.25, 0.3) is 0 Å². The number of aromatic nitrogens is 3. The van der Waals surface area contributed by atoms with Crippen LogP contribution in [0.15, 0.2) is 140 Å². The second kappa shape index (κ2) is 16.1. The molecule has 0 saturated carbocycles. The molecule has 1 N–H and O–H groups in total. The van der Waals surface area contributed by atoms with Crippen molar-refractivity contribution in [2.24, 2.45) is 0 Å². The fourth-order valence-electron chi connectivity index (χ4n) is 7.56. The molecule has 0 fully saturated rings. The summed E-state index contributed by atoms with van der Waals surface area (Å²) in [6, 6.07) is 37.8. The Kier molecular flexibility index (Phi) is 9.19. The number of phenols is 1. The summed E-state index contributed by atoms with van der Waals surface area (Å²) < 4.78 is 60.6. The number of hydrogen-bond donors (Lipinski definition) is 1. The van der Waals surface area contributed by atoms with Gasteiger partial charge in [-0.2, -0.15) is 0 Å². The van der Waals surface area contributed by atoms with E-state index >= 15 is 0 Å². The van der Waals surface area contributed by atoms with E-state index in [9.17, 15) is 5.11 Å². The quantitative estimate of drug-likeness (QED) is 0.169. The number of imidazole rings is 1. The van der Waals surface area contributed by atoms with E-state index in [0.717, 1.165) is 50.1 Å². The fourth-order valence-corrected chi connectivity index (χ4v) is 7.56. The first-order valence-corrected chi connectivity index (χ1v) is 20.1. The maximum absolute atomic E-state index is 12.4. The minimum absolute atomic E-state index is 0. The average Bonchev–Trinajstić information content (AvgIpc) is 3.64. The van der Waals surface area contributed by atoms with Crippen LogP contribution in [0.5, 0.6) is 5.75 Å². The van der Waals surface area contributed by atoms with E-state index in [1.54, 1.807) is 18.3 Å². The zero-order valence-corrected chi connectivity index (χ0v) is 37.8. The number of rotatable bonds is 6. The number of hydrogen-bond acceptors (Lipinski definition) is 3. The van der Waals surface area contributed by atoms with Gasteiger partial charge in [0.2, 0.25) is 0 Å². The Labute approximate surface area is 380 Å². The summed E-state index contributed by atoms with van der Waals surface area (Å²) in [6.07, 6.45) is 1.55. The summed E-state index contributed by atoms with van der Waals surface area (Å²) in [5.74, 6) is 0.760. The van der Waals surface area contributed by atoms with Crippen molar-refractivity contribution in [2.75, 3.05) is 0 Å². The average molecular weight is 975 g/mol. The van der Waals surface area contributed by atoms with Crippen molar-refractivity contribution < 1.29 is 35.8 Å². The van der Waals surface area contributed by atoms with Gasteiger partial charge >= 0.3 is 0 Å². The van der Waals surface area contributed by atoms with E-state index in [1.165, 1.54) is 0 Å². The molecule has 6 aromatic carbocycles. The number of pyridine rings is 1. The van der Waals surface area contributed by atoms with Gasteiger partial charge in [-0.25, -0.2) is 4.98 Å². The molecule has 8 rings (SSSR count). The van der Waals surface area contributed by atoms with Crippen LogP contribution in [0.25, 0.3) is 72.7 Å². The van der Waals surface area contributed by atoms with Crippen molar-refractivity contribution in [3.8, 4) is 67.5 Å². The van der Waals surface area contributed by atoms with Gasteiger partial charge < -0.3 is 5.11 Å². The number of para-hydroxylation sites is 2. The van der Waals surface area contributed by atoms with Crippen molar-refractivity contribution >= 4 is 11.0 Å². The minimum atomic E-state index is -2.82. The van der Waals surface area contributed by atoms with E-state index in [2.05, 4.69) is 121 Å². The standard InChI is InChI=1S/C55H54N3O.Pt/c1-35-23-25-36(26-24-35)38-27-28-56-47(32-38)40-29-39(30-41(31-40)53(2,3)4)44-20-16-22-49-50(44)57-52(45-33-42(54(5,6)7)34-46(51(45)59)55(8,9)10)58(49)48-21-15-14-19-43(48)37-17-12-11-13-18-37;/h11-28,30-34,59H,1-10H3;/q-1;/i1D3,23D,24D,25D,26D;. The van der Waals surface area contributed by atoms with E-state index in [4.69, 9.17) is 19.6 Å². The van der Waals surface area contributed by atoms with Crippen LogP contribution in [0.3, 0.4) is 0 Å². The minimum Gasteiger partial charge on any atom is -0.507 e. The van der Waals surface area contributed by atoms with Gasteiger partial charge in [0, 0.05) is 48.2 Å². The molecule has 0 atom stereocenters. The van der Waals surface area contributed by atoms with E-state index in [0.29, 0.717) is 33.7 Å². The fraction of sp³-hybridized carbons (Fsp3) is 0.236. The molecule has 0 bridgehead atoms. The topological polar surface area (TPSA) is 50.9 Å². The summed E-state index contributed by atoms with van der Waals surface area (Å²) in [7, 11) is 0. The smallest absolute Gasteiger partial charge is 0.148 e. The SMILES string of the molecule is [2H]c1c([2H])c(C([2H])([2H])[2H])c([2H])c([2H])c1-c1ccnc(-c2[c-]c(-c3cccc4c3nc(-c3cc(C(C)(C)C)cc(C(C)(C)C)c3O)n4-c3ccccc3-c3ccccc3)cc(C(C)(C)C)c2)c1.[Pt]. The van der Waals surface area contributed by atoms with Crippen LogP contribution in [-0.4, -0.2) is 19.6 Å². The molecule has 0 unspecified atom stereocenters. The first kappa shape index (κ1) is 34.2. The van der Waals surface area contributed by atoms with Gasteiger partial charge in [-0.05, 0) is 69.6 Å². The van der Waals surface area contributed by atoms with Crippen molar-refractivity contribution in [1.82, 2.24) is 14.5 Å². The van der Waals surface area contributed by atoms with Crippen molar-refractivity contribution in [2.45, 2.75) is 85.4 Å². The second-order valence-corrected chi connectivity index (χ2v) is 18.4. The molecule has 0 saturated heterocycles. The van der Waals surface area contributed by atoms with Crippen molar-refractivity contribution in [1.29, 1.82) is 0 Å². The molecule has 2 aromatic heterocycles. The van der Waals surface area contributed by atoms with E-state index < -0.39 is 36.6 Å². The molecule has 8 aromatic rings. The molecular formula is C55H54N3OPt-. The Morgan fingerprint density at radius 2 is 1.27 bits per heavy atom. The number of phenolic OH excluding ortho intramolecular Hbond substituents is 1. The molecule has 0 radical (unpaired) electrons. The predicted molar refractivity (Wildman–Crippen MR) is 247 cm³/mol. The van der Waals surface area contributed by atoms with Crippen LogP contribution in [0.4, 0.5) is 0 Å². The molecule has 5 heteroatoms. The predicted octanol–water partition coefficient (Wildman–Crippen LogP) is 14.5. The van der Waals surface area contributed by atoms with Gasteiger partial charge in [0.1, 0.15) is 11.6 Å². The number of fused-ring (bicyclic) bond motifs is 1. The van der Waals surface area contributed by atoms with Gasteiger partial charge in [0.05, 0.1) is 27.8 Å². The molecule has 0 amide bonds. The zero-order valence-electron chi connectivity index (χ0n) is 42.6. The van der Waals surface area contributed by atoms with Crippen LogP contribution in [0, 0.1) is 12.9 Å². The van der Waals surface area contributed by atoms with Crippen LogP contribution in [-0.2, 0) is 37.3 Å². The van der Waals surface area contributed by atoms with Crippen molar-refractivity contribution in [3.05, 3.63) is 168 Å². The molecular weight excluding hydrogens is 914 g/mol. The van der Waals surface area contributed by atoms with E-state index in [-0.39, 0.29) is 48.6 Å². The molecule has 0 aliphatic rings. The summed E-state index contributed by atoms with van der Waals surface area (Å²) >= 11 is 0. The second-order valence-electron chi connectivity index (χ2n) is 18.4. The summed E-state index contributed by atoms with van der Waals surface area (Å²) in [5.41, 5.74) is 9.38. The third-order valence-electron chi connectivity index (χ3n) is 10.9. The van der Waals surface area contributed by atoms with Crippen LogP contribution in [0.2, 0.25) is 0 Å². The third-order valence-corrected chi connectivity index (χ3v) is 10.9. The van der Waals surface area contributed by atoms with Crippen molar-refractivity contribution in [3.63, 3.8) is 0 Å². The van der Waals surface area contributed by atoms with Crippen LogP contribution < -0.4 is 0 Å². The summed E-state index contributed by atoms with van der Waals surface area (Å²) in [5, 5.41) is 12.4. The Bertz CT molecular complexity index is 3160. The number of aromatic hydroxyl groups is 1. The monoisotopic (exact) mass is 974 g/mol. The third kappa shape index (κ3) is 8.28. The van der Waals surface area contributed by atoms with E-state index in [1.807, 2.05) is 48.5 Å². The Hall–Kier alpha value is -5.57. The number of nitrogens with zero attached hydrogens (tertiary/aromatic N) is 3. The van der Waals surface area contributed by atoms with Gasteiger partial charge in [-0.15, -0.1) is 29.3 Å². The zero-order chi connectivity index (χ0) is 47.8. The first-order valence-electron chi connectivity index (χ1n) is 23.6. The largest absolute Gasteiger partial charge is 0.507 e. The molecule has 0 aliphatic heterocycles. The Morgan fingerprint density at radius 1 is 0.617 bits per heavy atom.